The van der Waals surface area contributed by atoms with Crippen molar-refractivity contribution in [2.24, 2.45) is 17.3 Å². The molecule has 0 aromatic carbocycles. The van der Waals surface area contributed by atoms with Crippen molar-refractivity contribution in [2.45, 2.75) is 46.0 Å². The van der Waals surface area contributed by atoms with Crippen LogP contribution in [-0.4, -0.2) is 13.1 Å². The minimum Gasteiger partial charge on any atom is -0.316 e. The summed E-state index contributed by atoms with van der Waals surface area (Å²) in [7, 11) is 0. The smallest absolute Gasteiger partial charge is 0.00111 e. The van der Waals surface area contributed by atoms with Crippen LogP contribution >= 0.6 is 0 Å². The first-order valence-corrected chi connectivity index (χ1v) is 5.94. The van der Waals surface area contributed by atoms with E-state index in [1.165, 1.54) is 45.2 Å². The predicted molar refractivity (Wildman–Crippen MR) is 56.7 cm³/mol. The molecule has 1 aliphatic carbocycles. The van der Waals surface area contributed by atoms with Gasteiger partial charge < -0.3 is 5.32 Å². The Morgan fingerprint density at radius 1 is 1.31 bits per heavy atom. The Morgan fingerprint density at radius 3 is 2.62 bits per heavy atom. The molecule has 76 valence electrons. The third kappa shape index (κ3) is 1.76. The summed E-state index contributed by atoms with van der Waals surface area (Å²) < 4.78 is 0. The molecule has 0 bridgehead atoms. The van der Waals surface area contributed by atoms with Gasteiger partial charge in [0.1, 0.15) is 0 Å². The average molecular weight is 181 g/mol. The predicted octanol–water partition coefficient (Wildman–Crippen LogP) is 2.81. The van der Waals surface area contributed by atoms with Gasteiger partial charge in [-0.25, -0.2) is 0 Å². The summed E-state index contributed by atoms with van der Waals surface area (Å²) in [6.45, 7) is 7.32. The molecule has 1 aliphatic heterocycles. The molecular formula is C12H23N. The molecule has 1 unspecified atom stereocenters. The standard InChI is InChI=1S/C12H23N/c1-10(2)7-11-8-13-9-12(11)5-3-4-6-12/h10-11,13H,3-9H2,1-2H3. The SMILES string of the molecule is CC(C)CC1CNCC12CCCC2. The van der Waals surface area contributed by atoms with E-state index in [0.29, 0.717) is 0 Å². The fraction of sp³-hybridized carbons (Fsp3) is 1.00. The van der Waals surface area contributed by atoms with Gasteiger partial charge in [0.15, 0.2) is 0 Å². The lowest BCUT2D eigenvalue weighted by molar-refractivity contribution is 0.204. The highest BCUT2D eigenvalue weighted by molar-refractivity contribution is 4.97. The molecule has 0 aromatic heterocycles. The van der Waals surface area contributed by atoms with Crippen LogP contribution in [0, 0.1) is 17.3 Å². The summed E-state index contributed by atoms with van der Waals surface area (Å²) in [6.07, 6.45) is 7.40. The molecule has 0 radical (unpaired) electrons. The Labute approximate surface area is 82.3 Å². The van der Waals surface area contributed by atoms with Crippen LogP contribution in [0.15, 0.2) is 0 Å². The zero-order valence-corrected chi connectivity index (χ0v) is 9.10. The fourth-order valence-electron chi connectivity index (χ4n) is 3.42. The molecule has 1 saturated heterocycles. The Kier molecular flexibility index (Phi) is 2.64. The molecule has 1 N–H and O–H groups in total. The van der Waals surface area contributed by atoms with E-state index in [1.807, 2.05) is 0 Å². The highest BCUT2D eigenvalue weighted by Crippen LogP contribution is 2.48. The third-order valence-electron chi connectivity index (χ3n) is 4.09. The molecule has 0 amide bonds. The van der Waals surface area contributed by atoms with Crippen molar-refractivity contribution in [1.82, 2.24) is 5.32 Å². The van der Waals surface area contributed by atoms with Crippen molar-refractivity contribution in [3.63, 3.8) is 0 Å². The first kappa shape index (κ1) is 9.51. The van der Waals surface area contributed by atoms with Gasteiger partial charge in [-0.1, -0.05) is 26.7 Å². The van der Waals surface area contributed by atoms with Crippen LogP contribution in [0.5, 0.6) is 0 Å². The summed E-state index contributed by atoms with van der Waals surface area (Å²) in [5.74, 6) is 1.86. The molecule has 2 rings (SSSR count). The molecule has 2 fully saturated rings. The zero-order valence-electron chi connectivity index (χ0n) is 9.10. The van der Waals surface area contributed by atoms with Gasteiger partial charge in [-0.3, -0.25) is 0 Å². The van der Waals surface area contributed by atoms with Gasteiger partial charge in [-0.2, -0.15) is 0 Å². The fourth-order valence-corrected chi connectivity index (χ4v) is 3.42. The topological polar surface area (TPSA) is 12.0 Å². The van der Waals surface area contributed by atoms with Crippen molar-refractivity contribution in [2.75, 3.05) is 13.1 Å². The first-order chi connectivity index (χ1) is 6.23. The highest BCUT2D eigenvalue weighted by Gasteiger charge is 2.44. The van der Waals surface area contributed by atoms with E-state index in [4.69, 9.17) is 0 Å². The molecule has 2 aliphatic rings. The number of nitrogens with one attached hydrogen (secondary N) is 1. The lowest BCUT2D eigenvalue weighted by atomic mass is 9.73. The van der Waals surface area contributed by atoms with Gasteiger partial charge in [-0.05, 0) is 43.1 Å². The van der Waals surface area contributed by atoms with Crippen molar-refractivity contribution in [3.8, 4) is 0 Å². The molecule has 0 aromatic rings. The largest absolute Gasteiger partial charge is 0.316 e. The summed E-state index contributed by atoms with van der Waals surface area (Å²) in [4.78, 5) is 0. The van der Waals surface area contributed by atoms with E-state index in [0.717, 1.165) is 17.3 Å². The summed E-state index contributed by atoms with van der Waals surface area (Å²) in [5, 5.41) is 3.61. The first-order valence-electron chi connectivity index (χ1n) is 5.94. The van der Waals surface area contributed by atoms with Crippen molar-refractivity contribution < 1.29 is 0 Å². The van der Waals surface area contributed by atoms with E-state index < -0.39 is 0 Å². The Bertz CT molecular complexity index is 162. The maximum absolute atomic E-state index is 3.61. The number of hydrogen-bond donors (Lipinski definition) is 1. The van der Waals surface area contributed by atoms with Crippen LogP contribution in [0.25, 0.3) is 0 Å². The second kappa shape index (κ2) is 3.61. The van der Waals surface area contributed by atoms with E-state index in [2.05, 4.69) is 19.2 Å². The van der Waals surface area contributed by atoms with Crippen molar-refractivity contribution in [3.05, 3.63) is 0 Å². The van der Waals surface area contributed by atoms with Crippen LogP contribution in [-0.2, 0) is 0 Å². The molecule has 1 heteroatoms. The summed E-state index contributed by atoms with van der Waals surface area (Å²) >= 11 is 0. The van der Waals surface area contributed by atoms with Crippen LogP contribution in [0.4, 0.5) is 0 Å². The summed E-state index contributed by atoms with van der Waals surface area (Å²) in [5.41, 5.74) is 0.726. The van der Waals surface area contributed by atoms with Crippen LogP contribution in [0.1, 0.15) is 46.0 Å². The third-order valence-corrected chi connectivity index (χ3v) is 4.09. The minimum absolute atomic E-state index is 0.726. The van der Waals surface area contributed by atoms with Gasteiger partial charge in [0, 0.05) is 6.54 Å². The maximum Gasteiger partial charge on any atom is 0.00111 e. The Balaban J connectivity index is 2.00. The van der Waals surface area contributed by atoms with Gasteiger partial charge in [0.25, 0.3) is 0 Å². The van der Waals surface area contributed by atoms with Gasteiger partial charge >= 0.3 is 0 Å². The normalized spacial score (nSPS) is 32.1. The van der Waals surface area contributed by atoms with Crippen molar-refractivity contribution >= 4 is 0 Å². The zero-order chi connectivity index (χ0) is 9.31. The number of hydrogen-bond acceptors (Lipinski definition) is 1. The lowest BCUT2D eigenvalue weighted by Crippen LogP contribution is -2.27. The van der Waals surface area contributed by atoms with Crippen LogP contribution < -0.4 is 5.32 Å². The number of rotatable bonds is 2. The van der Waals surface area contributed by atoms with E-state index in [-0.39, 0.29) is 0 Å². The van der Waals surface area contributed by atoms with Crippen LogP contribution in [0.2, 0.25) is 0 Å². The van der Waals surface area contributed by atoms with Gasteiger partial charge in [0.2, 0.25) is 0 Å². The van der Waals surface area contributed by atoms with E-state index in [9.17, 15) is 0 Å². The molecule has 1 heterocycles. The van der Waals surface area contributed by atoms with Crippen LogP contribution in [0.3, 0.4) is 0 Å². The van der Waals surface area contributed by atoms with Gasteiger partial charge in [-0.15, -0.1) is 0 Å². The molecule has 1 saturated carbocycles. The quantitative estimate of drug-likeness (QED) is 0.690. The molecular weight excluding hydrogens is 158 g/mol. The highest BCUT2D eigenvalue weighted by atomic mass is 14.9. The van der Waals surface area contributed by atoms with Crippen molar-refractivity contribution in [1.29, 1.82) is 0 Å². The van der Waals surface area contributed by atoms with E-state index in [1.54, 1.807) is 0 Å². The summed E-state index contributed by atoms with van der Waals surface area (Å²) in [6, 6.07) is 0. The minimum atomic E-state index is 0.726. The molecule has 1 spiro atoms. The maximum atomic E-state index is 3.61. The van der Waals surface area contributed by atoms with Gasteiger partial charge in [0.05, 0.1) is 0 Å². The lowest BCUT2D eigenvalue weighted by Gasteiger charge is -2.31. The molecule has 1 nitrogen and oxygen atoms in total. The monoisotopic (exact) mass is 181 g/mol. The molecule has 1 atom stereocenters. The van der Waals surface area contributed by atoms with E-state index >= 15 is 0 Å². The molecule has 13 heavy (non-hydrogen) atoms. The Morgan fingerprint density at radius 2 is 2.00 bits per heavy atom. The average Bonchev–Trinajstić information content (AvgIpc) is 2.64. The Hall–Kier alpha value is -0.0400. The second-order valence-electron chi connectivity index (χ2n) is 5.53. The second-order valence-corrected chi connectivity index (χ2v) is 5.53.